The summed E-state index contributed by atoms with van der Waals surface area (Å²) in [6, 6.07) is 8.87. The fourth-order valence-corrected chi connectivity index (χ4v) is 5.93. The largest absolute Gasteiger partial charge is 0.342 e. The number of likely N-dealkylation sites (tertiary alicyclic amines) is 1. The van der Waals surface area contributed by atoms with Crippen molar-refractivity contribution in [2.75, 3.05) is 19.6 Å². The number of carbonyl (C=O) groups is 2. The van der Waals surface area contributed by atoms with Crippen molar-refractivity contribution < 1.29 is 9.59 Å². The van der Waals surface area contributed by atoms with E-state index in [2.05, 4.69) is 41.8 Å². The van der Waals surface area contributed by atoms with Gasteiger partial charge in [0.15, 0.2) is 0 Å². The van der Waals surface area contributed by atoms with Gasteiger partial charge in [0.25, 0.3) is 0 Å². The Morgan fingerprint density at radius 2 is 1.71 bits per heavy atom. The van der Waals surface area contributed by atoms with E-state index < -0.39 is 0 Å². The molecule has 2 aliphatic carbocycles. The van der Waals surface area contributed by atoms with Crippen molar-refractivity contribution in [2.45, 2.75) is 89.0 Å². The molecular formula is C26H39N3O2. The molecule has 0 spiro atoms. The van der Waals surface area contributed by atoms with Crippen LogP contribution in [0.5, 0.6) is 0 Å². The van der Waals surface area contributed by atoms with Crippen LogP contribution in [0.3, 0.4) is 0 Å². The quantitative estimate of drug-likeness (QED) is 0.720. The molecule has 1 aliphatic heterocycles. The number of piperidine rings is 1. The third-order valence-electron chi connectivity index (χ3n) is 7.87. The normalized spacial score (nSPS) is 22.3. The predicted molar refractivity (Wildman–Crippen MR) is 124 cm³/mol. The van der Waals surface area contributed by atoms with Crippen LogP contribution in [-0.4, -0.2) is 42.5 Å². The van der Waals surface area contributed by atoms with Crippen LogP contribution >= 0.6 is 0 Å². The maximum absolute atomic E-state index is 12.8. The minimum atomic E-state index is -0.0593. The minimum Gasteiger partial charge on any atom is -0.342 e. The molecule has 1 saturated heterocycles. The van der Waals surface area contributed by atoms with E-state index in [1.807, 2.05) is 4.90 Å². The first kappa shape index (κ1) is 22.2. The number of aryl methyl sites for hydroxylation is 1. The second kappa shape index (κ2) is 10.1. The van der Waals surface area contributed by atoms with Gasteiger partial charge < -0.3 is 15.5 Å². The first-order chi connectivity index (χ1) is 15.1. The Morgan fingerprint density at radius 1 is 1.00 bits per heavy atom. The average molecular weight is 426 g/mol. The third-order valence-corrected chi connectivity index (χ3v) is 7.87. The maximum atomic E-state index is 12.8. The van der Waals surface area contributed by atoms with Gasteiger partial charge in [-0.25, -0.2) is 4.79 Å². The number of nitrogens with zero attached hydrogens (tertiary/aromatic N) is 1. The molecule has 4 rings (SSSR count). The van der Waals surface area contributed by atoms with E-state index in [4.69, 9.17) is 0 Å². The summed E-state index contributed by atoms with van der Waals surface area (Å²) < 4.78 is 0. The SMILES string of the molecule is Cc1cccc(C2(CNC(=O)NC3CCN(C(=O)C4CCCCC4)CC3)CCCC2)c1. The first-order valence-corrected chi connectivity index (χ1v) is 12.5. The maximum Gasteiger partial charge on any atom is 0.315 e. The highest BCUT2D eigenvalue weighted by Crippen LogP contribution is 2.40. The third kappa shape index (κ3) is 5.42. The van der Waals surface area contributed by atoms with E-state index in [0.29, 0.717) is 12.5 Å². The van der Waals surface area contributed by atoms with Gasteiger partial charge in [-0.1, -0.05) is 61.9 Å². The minimum absolute atomic E-state index is 0.0593. The molecule has 0 radical (unpaired) electrons. The Balaban J connectivity index is 1.24. The molecule has 3 amide bonds. The van der Waals surface area contributed by atoms with Gasteiger partial charge in [-0.3, -0.25) is 4.79 Å². The smallest absolute Gasteiger partial charge is 0.315 e. The van der Waals surface area contributed by atoms with Crippen molar-refractivity contribution in [3.63, 3.8) is 0 Å². The second-order valence-corrected chi connectivity index (χ2v) is 10.1. The molecule has 170 valence electrons. The van der Waals surface area contributed by atoms with Crippen LogP contribution in [0.2, 0.25) is 0 Å². The summed E-state index contributed by atoms with van der Waals surface area (Å²) in [5.41, 5.74) is 2.71. The zero-order chi connectivity index (χ0) is 21.7. The zero-order valence-corrected chi connectivity index (χ0v) is 19.1. The molecule has 31 heavy (non-hydrogen) atoms. The molecule has 2 N–H and O–H groups in total. The number of hydrogen-bond donors (Lipinski definition) is 2. The summed E-state index contributed by atoms with van der Waals surface area (Å²) in [5, 5.41) is 6.36. The van der Waals surface area contributed by atoms with Crippen LogP contribution in [0.25, 0.3) is 0 Å². The molecule has 0 atom stereocenters. The Bertz CT molecular complexity index is 758. The topological polar surface area (TPSA) is 61.4 Å². The molecule has 3 aliphatic rings. The number of nitrogens with one attached hydrogen (secondary N) is 2. The van der Waals surface area contributed by atoms with Crippen LogP contribution < -0.4 is 10.6 Å². The molecule has 0 bridgehead atoms. The summed E-state index contributed by atoms with van der Waals surface area (Å²) >= 11 is 0. The van der Waals surface area contributed by atoms with E-state index in [9.17, 15) is 9.59 Å². The molecule has 2 saturated carbocycles. The van der Waals surface area contributed by atoms with E-state index in [1.54, 1.807) is 0 Å². The highest BCUT2D eigenvalue weighted by molar-refractivity contribution is 5.79. The fourth-order valence-electron chi connectivity index (χ4n) is 5.93. The highest BCUT2D eigenvalue weighted by atomic mass is 16.2. The summed E-state index contributed by atoms with van der Waals surface area (Å²) in [4.78, 5) is 27.5. The Labute approximate surface area is 187 Å². The van der Waals surface area contributed by atoms with Gasteiger partial charge in [0.2, 0.25) is 5.91 Å². The van der Waals surface area contributed by atoms with Crippen LogP contribution in [0, 0.1) is 12.8 Å². The monoisotopic (exact) mass is 425 g/mol. The zero-order valence-electron chi connectivity index (χ0n) is 19.1. The molecule has 3 fully saturated rings. The van der Waals surface area contributed by atoms with Crippen LogP contribution in [0.1, 0.15) is 81.8 Å². The molecule has 5 heteroatoms. The van der Waals surface area contributed by atoms with Gasteiger partial charge >= 0.3 is 6.03 Å². The molecule has 0 unspecified atom stereocenters. The van der Waals surface area contributed by atoms with E-state index in [-0.39, 0.29) is 23.4 Å². The number of benzene rings is 1. The lowest BCUT2D eigenvalue weighted by atomic mass is 9.78. The van der Waals surface area contributed by atoms with Gasteiger partial charge in [0.1, 0.15) is 0 Å². The molecule has 1 aromatic carbocycles. The predicted octanol–water partition coefficient (Wildman–Crippen LogP) is 4.68. The van der Waals surface area contributed by atoms with Crippen LogP contribution in [0.15, 0.2) is 24.3 Å². The number of rotatable bonds is 5. The van der Waals surface area contributed by atoms with Crippen molar-refractivity contribution >= 4 is 11.9 Å². The second-order valence-electron chi connectivity index (χ2n) is 10.1. The van der Waals surface area contributed by atoms with Gasteiger partial charge in [-0.2, -0.15) is 0 Å². The van der Waals surface area contributed by atoms with Crippen LogP contribution in [0.4, 0.5) is 4.79 Å². The summed E-state index contributed by atoms with van der Waals surface area (Å²) in [5.74, 6) is 0.592. The summed E-state index contributed by atoms with van der Waals surface area (Å²) in [6.45, 7) is 4.37. The summed E-state index contributed by atoms with van der Waals surface area (Å²) in [7, 11) is 0. The van der Waals surface area contributed by atoms with Crippen molar-refractivity contribution in [3.05, 3.63) is 35.4 Å². The number of hydrogen-bond acceptors (Lipinski definition) is 2. The van der Waals surface area contributed by atoms with Crippen molar-refractivity contribution in [2.24, 2.45) is 5.92 Å². The Hall–Kier alpha value is -2.04. The lowest BCUT2D eigenvalue weighted by Gasteiger charge is -2.36. The van der Waals surface area contributed by atoms with Gasteiger partial charge in [-0.05, 0) is 51.0 Å². The van der Waals surface area contributed by atoms with Gasteiger partial charge in [0.05, 0.1) is 0 Å². The molecule has 5 nitrogen and oxygen atoms in total. The number of urea groups is 1. The first-order valence-electron chi connectivity index (χ1n) is 12.5. The highest BCUT2D eigenvalue weighted by Gasteiger charge is 2.36. The van der Waals surface area contributed by atoms with Crippen LogP contribution in [-0.2, 0) is 10.2 Å². The molecular weight excluding hydrogens is 386 g/mol. The molecule has 1 heterocycles. The van der Waals surface area contributed by atoms with Gasteiger partial charge in [0, 0.05) is 37.0 Å². The van der Waals surface area contributed by atoms with E-state index >= 15 is 0 Å². The van der Waals surface area contributed by atoms with E-state index in [1.165, 1.54) is 43.2 Å². The average Bonchev–Trinajstić information content (AvgIpc) is 3.29. The standard InChI is InChI=1S/C26H39N3O2/c1-20-8-7-11-22(18-20)26(14-5-6-15-26)19-27-25(31)28-23-12-16-29(17-13-23)24(30)21-9-3-2-4-10-21/h7-8,11,18,21,23H,2-6,9-10,12-17,19H2,1H3,(H2,27,28,31). The van der Waals surface area contributed by atoms with Crippen molar-refractivity contribution in [1.82, 2.24) is 15.5 Å². The lowest BCUT2D eigenvalue weighted by Crippen LogP contribution is -2.51. The van der Waals surface area contributed by atoms with Crippen molar-refractivity contribution in [3.8, 4) is 0 Å². The molecule has 0 aromatic heterocycles. The van der Waals surface area contributed by atoms with Crippen molar-refractivity contribution in [1.29, 1.82) is 0 Å². The number of carbonyl (C=O) groups excluding carboxylic acids is 2. The number of amides is 3. The Kier molecular flexibility index (Phi) is 7.19. The lowest BCUT2D eigenvalue weighted by molar-refractivity contribution is -0.137. The van der Waals surface area contributed by atoms with Gasteiger partial charge in [-0.15, -0.1) is 0 Å². The Morgan fingerprint density at radius 3 is 2.39 bits per heavy atom. The molecule has 1 aromatic rings. The fraction of sp³-hybridized carbons (Fsp3) is 0.692. The van der Waals surface area contributed by atoms with E-state index in [0.717, 1.165) is 51.6 Å². The summed E-state index contributed by atoms with van der Waals surface area (Å²) in [6.07, 6.45) is 12.2.